The topological polar surface area (TPSA) is 42.2 Å². The number of benzene rings is 1. The predicted octanol–water partition coefficient (Wildman–Crippen LogP) is 4.20. The lowest BCUT2D eigenvalue weighted by molar-refractivity contribution is 0.128. The first-order valence-electron chi connectivity index (χ1n) is 8.29. The molecule has 4 heteroatoms. The lowest BCUT2D eigenvalue weighted by Crippen LogP contribution is -2.38. The van der Waals surface area contributed by atoms with E-state index in [9.17, 15) is 0 Å². The van der Waals surface area contributed by atoms with E-state index in [4.69, 9.17) is 4.52 Å². The van der Waals surface area contributed by atoms with Crippen LogP contribution in [0.15, 0.2) is 28.8 Å². The molecule has 0 saturated heterocycles. The van der Waals surface area contributed by atoms with Gasteiger partial charge in [0.25, 0.3) is 0 Å². The highest BCUT2D eigenvalue weighted by atomic mass is 16.5. The van der Waals surface area contributed by atoms with E-state index < -0.39 is 0 Å². The molecule has 0 aliphatic heterocycles. The fourth-order valence-corrected chi connectivity index (χ4v) is 3.26. The molecular formula is C18H25N3O. The molecule has 1 aliphatic rings. The highest BCUT2D eigenvalue weighted by molar-refractivity contribution is 5.54. The van der Waals surface area contributed by atoms with Gasteiger partial charge in [-0.3, -0.25) is 4.90 Å². The van der Waals surface area contributed by atoms with Crippen molar-refractivity contribution in [2.45, 2.75) is 65.1 Å². The van der Waals surface area contributed by atoms with Gasteiger partial charge in [-0.05, 0) is 33.6 Å². The first-order valence-corrected chi connectivity index (χ1v) is 8.29. The van der Waals surface area contributed by atoms with Gasteiger partial charge in [-0.15, -0.1) is 0 Å². The minimum atomic E-state index is 0.498. The van der Waals surface area contributed by atoms with Gasteiger partial charge in [-0.2, -0.15) is 4.98 Å². The Hall–Kier alpha value is -1.68. The van der Waals surface area contributed by atoms with Crippen LogP contribution in [-0.2, 0) is 6.54 Å². The average Bonchev–Trinajstić information content (AvgIpc) is 3.17. The van der Waals surface area contributed by atoms with Gasteiger partial charge >= 0.3 is 0 Å². The van der Waals surface area contributed by atoms with Gasteiger partial charge in [-0.25, -0.2) is 0 Å². The van der Waals surface area contributed by atoms with Crippen LogP contribution in [0.25, 0.3) is 11.4 Å². The van der Waals surface area contributed by atoms with Crippen molar-refractivity contribution in [3.8, 4) is 11.4 Å². The molecule has 0 unspecified atom stereocenters. The molecule has 1 aromatic carbocycles. The normalized spacial score (nSPS) is 16.0. The summed E-state index contributed by atoms with van der Waals surface area (Å²) in [5, 5.41) is 4.14. The summed E-state index contributed by atoms with van der Waals surface area (Å²) in [5.74, 6) is 1.40. The number of rotatable bonds is 5. The number of nitrogens with zero attached hydrogens (tertiary/aromatic N) is 3. The summed E-state index contributed by atoms with van der Waals surface area (Å²) in [6.07, 6.45) is 5.26. The number of aryl methyl sites for hydroxylation is 1. The zero-order chi connectivity index (χ0) is 15.5. The molecule has 22 heavy (non-hydrogen) atoms. The Morgan fingerprint density at radius 2 is 1.86 bits per heavy atom. The Balaban J connectivity index is 1.73. The second-order valence-electron chi connectivity index (χ2n) is 6.58. The lowest BCUT2D eigenvalue weighted by atomic mass is 10.1. The molecule has 1 heterocycles. The second-order valence-corrected chi connectivity index (χ2v) is 6.58. The Morgan fingerprint density at radius 1 is 1.18 bits per heavy atom. The number of hydrogen-bond donors (Lipinski definition) is 0. The van der Waals surface area contributed by atoms with E-state index in [2.05, 4.69) is 47.9 Å². The minimum Gasteiger partial charge on any atom is -0.338 e. The molecule has 1 saturated carbocycles. The van der Waals surface area contributed by atoms with Crippen LogP contribution in [0.5, 0.6) is 0 Å². The molecule has 1 aliphatic carbocycles. The average molecular weight is 299 g/mol. The Morgan fingerprint density at radius 3 is 2.50 bits per heavy atom. The highest BCUT2D eigenvalue weighted by Crippen LogP contribution is 2.27. The third kappa shape index (κ3) is 3.38. The van der Waals surface area contributed by atoms with Crippen LogP contribution in [0.1, 0.15) is 51.0 Å². The van der Waals surface area contributed by atoms with Crippen molar-refractivity contribution in [2.24, 2.45) is 0 Å². The van der Waals surface area contributed by atoms with E-state index in [1.165, 1.54) is 31.2 Å². The summed E-state index contributed by atoms with van der Waals surface area (Å²) >= 11 is 0. The summed E-state index contributed by atoms with van der Waals surface area (Å²) in [5.41, 5.74) is 2.25. The minimum absolute atomic E-state index is 0.498. The summed E-state index contributed by atoms with van der Waals surface area (Å²) in [6, 6.07) is 9.39. The second kappa shape index (κ2) is 6.61. The lowest BCUT2D eigenvalue weighted by Gasteiger charge is -2.31. The maximum Gasteiger partial charge on any atom is 0.241 e. The Bertz CT molecular complexity index is 597. The first kappa shape index (κ1) is 15.2. The summed E-state index contributed by atoms with van der Waals surface area (Å²) in [4.78, 5) is 7.08. The van der Waals surface area contributed by atoms with Crippen molar-refractivity contribution in [3.63, 3.8) is 0 Å². The van der Waals surface area contributed by atoms with Crippen LogP contribution in [0.3, 0.4) is 0 Å². The first-order chi connectivity index (χ1) is 10.6. The smallest absolute Gasteiger partial charge is 0.241 e. The van der Waals surface area contributed by atoms with Gasteiger partial charge < -0.3 is 4.52 Å². The van der Waals surface area contributed by atoms with E-state index in [1.807, 2.05) is 12.1 Å². The van der Waals surface area contributed by atoms with E-state index in [1.54, 1.807) is 0 Å². The van der Waals surface area contributed by atoms with Crippen molar-refractivity contribution in [2.75, 3.05) is 0 Å². The highest BCUT2D eigenvalue weighted by Gasteiger charge is 2.26. The molecule has 0 atom stereocenters. The molecule has 4 nitrogen and oxygen atoms in total. The van der Waals surface area contributed by atoms with Gasteiger partial charge in [0.1, 0.15) is 0 Å². The standard InChI is InChI=1S/C18H25N3O/c1-13(2)21(16-6-4-5-7-16)12-17-19-18(20-22-17)15-10-8-14(3)9-11-15/h8-11,13,16H,4-7,12H2,1-3H3. The summed E-state index contributed by atoms with van der Waals surface area (Å²) in [6.45, 7) is 7.32. The van der Waals surface area contributed by atoms with Crippen molar-refractivity contribution in [3.05, 3.63) is 35.7 Å². The van der Waals surface area contributed by atoms with Gasteiger partial charge in [-0.1, -0.05) is 47.8 Å². The molecule has 2 aromatic rings. The van der Waals surface area contributed by atoms with Crippen molar-refractivity contribution in [1.82, 2.24) is 15.0 Å². The monoisotopic (exact) mass is 299 g/mol. The molecule has 0 N–H and O–H groups in total. The van der Waals surface area contributed by atoms with Crippen LogP contribution in [0.2, 0.25) is 0 Å². The fraction of sp³-hybridized carbons (Fsp3) is 0.556. The molecular weight excluding hydrogens is 274 g/mol. The van der Waals surface area contributed by atoms with Crippen molar-refractivity contribution in [1.29, 1.82) is 0 Å². The van der Waals surface area contributed by atoms with Crippen LogP contribution >= 0.6 is 0 Å². The third-order valence-electron chi connectivity index (χ3n) is 4.55. The molecule has 0 bridgehead atoms. The summed E-state index contributed by atoms with van der Waals surface area (Å²) in [7, 11) is 0. The maximum atomic E-state index is 5.49. The summed E-state index contributed by atoms with van der Waals surface area (Å²) < 4.78 is 5.49. The van der Waals surface area contributed by atoms with Crippen LogP contribution in [0, 0.1) is 6.92 Å². The predicted molar refractivity (Wildman–Crippen MR) is 87.4 cm³/mol. The van der Waals surface area contributed by atoms with Crippen LogP contribution in [0.4, 0.5) is 0 Å². The molecule has 0 radical (unpaired) electrons. The van der Waals surface area contributed by atoms with E-state index in [-0.39, 0.29) is 0 Å². The Labute approximate surface area is 132 Å². The van der Waals surface area contributed by atoms with Gasteiger partial charge in [0.15, 0.2) is 0 Å². The number of hydrogen-bond acceptors (Lipinski definition) is 4. The van der Waals surface area contributed by atoms with Crippen molar-refractivity contribution >= 4 is 0 Å². The molecule has 1 fully saturated rings. The molecule has 0 amide bonds. The van der Waals surface area contributed by atoms with Crippen LogP contribution in [-0.4, -0.2) is 27.1 Å². The zero-order valence-electron chi connectivity index (χ0n) is 13.7. The number of aromatic nitrogens is 2. The zero-order valence-corrected chi connectivity index (χ0v) is 13.7. The van der Waals surface area contributed by atoms with E-state index >= 15 is 0 Å². The van der Waals surface area contributed by atoms with Gasteiger partial charge in [0.05, 0.1) is 6.54 Å². The van der Waals surface area contributed by atoms with E-state index in [0.717, 1.165) is 18.0 Å². The van der Waals surface area contributed by atoms with Crippen molar-refractivity contribution < 1.29 is 4.52 Å². The van der Waals surface area contributed by atoms with E-state index in [0.29, 0.717) is 17.9 Å². The SMILES string of the molecule is Cc1ccc(-c2noc(CN(C(C)C)C3CCCC3)n2)cc1. The fourth-order valence-electron chi connectivity index (χ4n) is 3.26. The Kier molecular flexibility index (Phi) is 4.57. The molecule has 118 valence electrons. The quantitative estimate of drug-likeness (QED) is 0.830. The van der Waals surface area contributed by atoms with Crippen LogP contribution < -0.4 is 0 Å². The van der Waals surface area contributed by atoms with Gasteiger partial charge in [0.2, 0.25) is 11.7 Å². The molecule has 3 rings (SSSR count). The molecule has 1 aromatic heterocycles. The third-order valence-corrected chi connectivity index (χ3v) is 4.55. The van der Waals surface area contributed by atoms with Gasteiger partial charge in [0, 0.05) is 17.6 Å². The maximum absolute atomic E-state index is 5.49. The largest absolute Gasteiger partial charge is 0.338 e. The molecule has 0 spiro atoms.